The van der Waals surface area contributed by atoms with Gasteiger partial charge in [0.1, 0.15) is 0 Å². The minimum absolute atomic E-state index is 0.681. The molecule has 1 aliphatic heterocycles. The summed E-state index contributed by atoms with van der Waals surface area (Å²) in [6.45, 7) is 5.39. The van der Waals surface area contributed by atoms with Gasteiger partial charge in [-0.3, -0.25) is 0 Å². The maximum absolute atomic E-state index is 5.43. The first-order chi connectivity index (χ1) is 14.3. The molecule has 0 spiro atoms. The van der Waals surface area contributed by atoms with E-state index in [1.165, 1.54) is 37.9 Å². The molecule has 0 atom stereocenters. The fraction of sp³-hybridized carbons (Fsp3) is 0.435. The Labute approximate surface area is 172 Å². The average molecular weight is 396 g/mol. The molecule has 0 unspecified atom stereocenters. The lowest BCUT2D eigenvalue weighted by Gasteiger charge is -2.24. The Kier molecular flexibility index (Phi) is 6.20. The van der Waals surface area contributed by atoms with E-state index in [4.69, 9.17) is 14.5 Å². The summed E-state index contributed by atoms with van der Waals surface area (Å²) in [6, 6.07) is 14.4. The van der Waals surface area contributed by atoms with Crippen LogP contribution in [0, 0.1) is 0 Å². The number of methoxy groups -OCH3 is 2. The van der Waals surface area contributed by atoms with Gasteiger partial charge in [0.25, 0.3) is 0 Å². The Balaban J connectivity index is 1.51. The zero-order chi connectivity index (χ0) is 20.1. The molecule has 6 nitrogen and oxygen atoms in total. The Hall–Kier alpha value is -2.73. The van der Waals surface area contributed by atoms with Crippen LogP contribution >= 0.6 is 0 Å². The third-order valence-electron chi connectivity index (χ3n) is 5.80. The molecule has 0 bridgehead atoms. The summed E-state index contributed by atoms with van der Waals surface area (Å²) in [4.78, 5) is 6.56. The Morgan fingerprint density at radius 3 is 2.59 bits per heavy atom. The molecule has 1 aromatic heterocycles. The van der Waals surface area contributed by atoms with Gasteiger partial charge >= 0.3 is 0 Å². The fourth-order valence-corrected chi connectivity index (χ4v) is 4.18. The van der Waals surface area contributed by atoms with Crippen molar-refractivity contribution in [2.45, 2.75) is 32.4 Å². The molecule has 0 radical (unpaired) electrons. The molecule has 0 aliphatic carbocycles. The van der Waals surface area contributed by atoms with Crippen LogP contribution in [0.4, 0.5) is 5.95 Å². The van der Waals surface area contributed by atoms with Gasteiger partial charge in [0.05, 0.1) is 51.4 Å². The van der Waals surface area contributed by atoms with E-state index in [1.807, 2.05) is 18.2 Å². The van der Waals surface area contributed by atoms with Crippen LogP contribution in [0.25, 0.3) is 11.0 Å². The van der Waals surface area contributed by atoms with Crippen LogP contribution in [-0.4, -0.2) is 43.4 Å². The number of likely N-dealkylation sites (tertiary alicyclic amines) is 1. The maximum atomic E-state index is 5.43. The number of quaternary nitrogens is 1. The number of anilines is 1. The molecule has 1 saturated heterocycles. The van der Waals surface area contributed by atoms with Crippen molar-refractivity contribution >= 4 is 17.0 Å². The van der Waals surface area contributed by atoms with Crippen LogP contribution < -0.4 is 19.7 Å². The summed E-state index contributed by atoms with van der Waals surface area (Å²) in [5.41, 5.74) is 3.36. The van der Waals surface area contributed by atoms with Crippen LogP contribution in [0.15, 0.2) is 42.5 Å². The van der Waals surface area contributed by atoms with Crippen LogP contribution in [0.5, 0.6) is 11.5 Å². The summed E-state index contributed by atoms with van der Waals surface area (Å²) in [7, 11) is 3.32. The summed E-state index contributed by atoms with van der Waals surface area (Å²) >= 11 is 0. The highest BCUT2D eigenvalue weighted by Gasteiger charge is 2.16. The predicted octanol–water partition coefficient (Wildman–Crippen LogP) is 2.73. The molecular formula is C23H31N4O2+. The highest BCUT2D eigenvalue weighted by molar-refractivity contribution is 5.78. The van der Waals surface area contributed by atoms with E-state index in [1.54, 1.807) is 19.1 Å². The third-order valence-corrected chi connectivity index (χ3v) is 5.80. The number of rotatable bonds is 8. The van der Waals surface area contributed by atoms with Gasteiger partial charge in [0.15, 0.2) is 11.5 Å². The topological polar surface area (TPSA) is 52.8 Å². The second-order valence-electron chi connectivity index (χ2n) is 7.68. The maximum Gasteiger partial charge on any atom is 0.204 e. The number of hydrogen-bond donors (Lipinski definition) is 2. The van der Waals surface area contributed by atoms with Crippen LogP contribution in [-0.2, 0) is 13.1 Å². The lowest BCUT2D eigenvalue weighted by atomic mass is 10.1. The molecule has 29 heavy (non-hydrogen) atoms. The largest absolute Gasteiger partial charge is 0.493 e. The third kappa shape index (κ3) is 4.48. The molecule has 0 saturated carbocycles. The molecule has 154 valence electrons. The van der Waals surface area contributed by atoms with Crippen LogP contribution in [0.1, 0.15) is 24.8 Å². The van der Waals surface area contributed by atoms with Gasteiger partial charge in [-0.05, 0) is 49.1 Å². The molecule has 0 amide bonds. The zero-order valence-electron chi connectivity index (χ0n) is 17.4. The standard InChI is InChI=1S/C23H30N4O2/c1-28-21-11-10-18(16-22(21)29-2)17-24-23-25-19-8-4-5-9-20(19)27(23)15-14-26-12-6-3-7-13-26/h4-5,8-11,16H,3,6-7,12-15,17H2,1-2H3,(H,24,25)/p+1. The highest BCUT2D eigenvalue weighted by atomic mass is 16.5. The first-order valence-electron chi connectivity index (χ1n) is 10.5. The van der Waals surface area contributed by atoms with Crippen LogP contribution in [0.3, 0.4) is 0 Å². The molecule has 2 N–H and O–H groups in total. The van der Waals surface area contributed by atoms with Gasteiger partial charge in [-0.15, -0.1) is 0 Å². The number of nitrogens with one attached hydrogen (secondary N) is 2. The number of aromatic nitrogens is 2. The number of benzene rings is 2. The Bertz CT molecular complexity index is 947. The van der Waals surface area contributed by atoms with E-state index in [0.29, 0.717) is 6.54 Å². The van der Waals surface area contributed by atoms with E-state index >= 15 is 0 Å². The number of fused-ring (bicyclic) bond motifs is 1. The highest BCUT2D eigenvalue weighted by Crippen LogP contribution is 2.28. The minimum Gasteiger partial charge on any atom is -0.493 e. The minimum atomic E-state index is 0.681. The van der Waals surface area contributed by atoms with Crippen molar-refractivity contribution in [1.82, 2.24) is 9.55 Å². The lowest BCUT2D eigenvalue weighted by molar-refractivity contribution is -0.905. The molecular weight excluding hydrogens is 364 g/mol. The van der Waals surface area contributed by atoms with Gasteiger partial charge in [0, 0.05) is 6.54 Å². The first-order valence-corrected chi connectivity index (χ1v) is 10.5. The van der Waals surface area contributed by atoms with Gasteiger partial charge in [-0.1, -0.05) is 18.2 Å². The van der Waals surface area contributed by atoms with Crippen molar-refractivity contribution in [2.24, 2.45) is 0 Å². The first kappa shape index (κ1) is 19.6. The van der Waals surface area contributed by atoms with Crippen molar-refractivity contribution in [3.8, 4) is 11.5 Å². The molecule has 2 aromatic carbocycles. The molecule has 3 aromatic rings. The number of piperidine rings is 1. The monoisotopic (exact) mass is 395 g/mol. The van der Waals surface area contributed by atoms with Gasteiger partial charge in [0.2, 0.25) is 5.95 Å². The molecule has 2 heterocycles. The number of para-hydroxylation sites is 2. The summed E-state index contributed by atoms with van der Waals surface area (Å²) < 4.78 is 13.1. The number of imidazole rings is 1. The van der Waals surface area contributed by atoms with Gasteiger partial charge in [-0.25, -0.2) is 4.98 Å². The van der Waals surface area contributed by atoms with E-state index in [0.717, 1.165) is 41.6 Å². The van der Waals surface area contributed by atoms with E-state index in [2.05, 4.69) is 34.1 Å². The van der Waals surface area contributed by atoms with Crippen molar-refractivity contribution in [1.29, 1.82) is 0 Å². The quantitative estimate of drug-likeness (QED) is 0.616. The van der Waals surface area contributed by atoms with E-state index < -0.39 is 0 Å². The molecule has 6 heteroatoms. The van der Waals surface area contributed by atoms with E-state index in [9.17, 15) is 0 Å². The zero-order valence-corrected chi connectivity index (χ0v) is 17.4. The van der Waals surface area contributed by atoms with Crippen molar-refractivity contribution in [3.63, 3.8) is 0 Å². The molecule has 1 fully saturated rings. The Morgan fingerprint density at radius 2 is 1.79 bits per heavy atom. The predicted molar refractivity (Wildman–Crippen MR) is 116 cm³/mol. The van der Waals surface area contributed by atoms with E-state index in [-0.39, 0.29) is 0 Å². The number of nitrogens with zero attached hydrogens (tertiary/aromatic N) is 2. The second kappa shape index (κ2) is 9.18. The summed E-state index contributed by atoms with van der Waals surface area (Å²) in [6.07, 6.45) is 4.09. The Morgan fingerprint density at radius 1 is 1.00 bits per heavy atom. The van der Waals surface area contributed by atoms with Crippen molar-refractivity contribution in [2.75, 3.05) is 39.2 Å². The van der Waals surface area contributed by atoms with Gasteiger partial charge < -0.3 is 24.3 Å². The van der Waals surface area contributed by atoms with Crippen LogP contribution in [0.2, 0.25) is 0 Å². The number of ether oxygens (including phenoxy) is 2. The molecule has 1 aliphatic rings. The summed E-state index contributed by atoms with van der Waals surface area (Å²) in [5, 5.41) is 3.54. The smallest absolute Gasteiger partial charge is 0.204 e. The number of hydrogen-bond acceptors (Lipinski definition) is 4. The second-order valence-corrected chi connectivity index (χ2v) is 7.68. The molecule has 4 rings (SSSR count). The SMILES string of the molecule is COc1ccc(CNc2nc3ccccc3n2CC[NH+]2CCCCC2)cc1OC. The normalized spacial score (nSPS) is 14.8. The van der Waals surface area contributed by atoms with Crippen molar-refractivity contribution in [3.05, 3.63) is 48.0 Å². The van der Waals surface area contributed by atoms with Crippen molar-refractivity contribution < 1.29 is 14.4 Å². The average Bonchev–Trinajstić information content (AvgIpc) is 3.14. The summed E-state index contributed by atoms with van der Waals surface area (Å²) in [5.74, 6) is 2.42. The lowest BCUT2D eigenvalue weighted by Crippen LogP contribution is -3.13. The van der Waals surface area contributed by atoms with Gasteiger partial charge in [-0.2, -0.15) is 0 Å². The fourth-order valence-electron chi connectivity index (χ4n) is 4.18.